The van der Waals surface area contributed by atoms with E-state index in [1.807, 2.05) is 18.2 Å². The van der Waals surface area contributed by atoms with Crippen molar-refractivity contribution in [2.45, 2.75) is 0 Å². The summed E-state index contributed by atoms with van der Waals surface area (Å²) in [6.07, 6.45) is 1.68. The minimum atomic E-state index is 0.564. The first kappa shape index (κ1) is 12.9. The molecular formula is C11H8BrClIN3. The number of benzene rings is 1. The van der Waals surface area contributed by atoms with Gasteiger partial charge in [-0.25, -0.2) is 4.98 Å². The van der Waals surface area contributed by atoms with Gasteiger partial charge >= 0.3 is 0 Å². The summed E-state index contributed by atoms with van der Waals surface area (Å²) in [5.74, 6) is 0.594. The third-order valence-electron chi connectivity index (χ3n) is 2.07. The number of nitrogens with two attached hydrogens (primary N) is 1. The maximum atomic E-state index is 6.12. The molecular weight excluding hydrogens is 416 g/mol. The zero-order valence-corrected chi connectivity index (χ0v) is 13.0. The van der Waals surface area contributed by atoms with Crippen LogP contribution in [0.1, 0.15) is 0 Å². The van der Waals surface area contributed by atoms with Crippen molar-refractivity contribution in [3.05, 3.63) is 43.5 Å². The number of rotatable bonds is 2. The second-order valence-electron chi connectivity index (χ2n) is 3.34. The number of halogens is 3. The summed E-state index contributed by atoms with van der Waals surface area (Å²) in [4.78, 5) is 4.19. The fraction of sp³-hybridized carbons (Fsp3) is 0. The topological polar surface area (TPSA) is 50.9 Å². The molecule has 6 heteroatoms. The van der Waals surface area contributed by atoms with Crippen molar-refractivity contribution < 1.29 is 0 Å². The number of hydrogen-bond acceptors (Lipinski definition) is 3. The maximum Gasteiger partial charge on any atom is 0.153 e. The second kappa shape index (κ2) is 5.41. The summed E-state index contributed by atoms with van der Waals surface area (Å²) >= 11 is 11.6. The third kappa shape index (κ3) is 3.23. The monoisotopic (exact) mass is 423 g/mol. The van der Waals surface area contributed by atoms with E-state index in [0.717, 1.165) is 13.7 Å². The lowest BCUT2D eigenvalue weighted by Gasteiger charge is -2.10. The highest BCUT2D eigenvalue weighted by Crippen LogP contribution is 2.29. The quantitative estimate of drug-likeness (QED) is 0.702. The van der Waals surface area contributed by atoms with Crippen LogP contribution in [0.2, 0.25) is 5.02 Å². The van der Waals surface area contributed by atoms with E-state index >= 15 is 0 Å². The van der Waals surface area contributed by atoms with Crippen LogP contribution in [0.3, 0.4) is 0 Å². The summed E-state index contributed by atoms with van der Waals surface area (Å²) in [7, 11) is 0. The Balaban J connectivity index is 2.31. The van der Waals surface area contributed by atoms with Gasteiger partial charge in [-0.1, -0.05) is 11.6 Å². The van der Waals surface area contributed by atoms with Gasteiger partial charge in [0.15, 0.2) is 5.82 Å². The van der Waals surface area contributed by atoms with Crippen LogP contribution in [0, 0.1) is 3.57 Å². The first-order valence-electron chi connectivity index (χ1n) is 4.69. The Morgan fingerprint density at radius 2 is 2.12 bits per heavy atom. The zero-order valence-electron chi connectivity index (χ0n) is 8.55. The first-order chi connectivity index (χ1) is 8.06. The maximum absolute atomic E-state index is 6.12. The Morgan fingerprint density at radius 1 is 1.35 bits per heavy atom. The molecule has 3 nitrogen and oxygen atoms in total. The molecule has 17 heavy (non-hydrogen) atoms. The summed E-state index contributed by atoms with van der Waals surface area (Å²) in [6.45, 7) is 0. The largest absolute Gasteiger partial charge is 0.396 e. The second-order valence-corrected chi connectivity index (χ2v) is 5.91. The van der Waals surface area contributed by atoms with Crippen LogP contribution in [-0.2, 0) is 0 Å². The van der Waals surface area contributed by atoms with Crippen LogP contribution >= 0.6 is 50.1 Å². The van der Waals surface area contributed by atoms with Crippen LogP contribution in [0.4, 0.5) is 17.2 Å². The molecule has 0 atom stereocenters. The van der Waals surface area contributed by atoms with Crippen LogP contribution < -0.4 is 11.1 Å². The van der Waals surface area contributed by atoms with Crippen LogP contribution in [-0.4, -0.2) is 4.98 Å². The molecule has 0 bridgehead atoms. The average Bonchev–Trinajstić information content (AvgIpc) is 2.25. The summed E-state index contributed by atoms with van der Waals surface area (Å²) in [5, 5.41) is 3.74. The number of nitrogens with zero attached hydrogens (tertiary/aromatic N) is 1. The number of nitrogen functional groups attached to an aromatic ring is 1. The minimum Gasteiger partial charge on any atom is -0.396 e. The molecule has 0 saturated carbocycles. The van der Waals surface area contributed by atoms with Crippen LogP contribution in [0.25, 0.3) is 0 Å². The van der Waals surface area contributed by atoms with Gasteiger partial charge in [-0.05, 0) is 62.8 Å². The number of anilines is 3. The zero-order chi connectivity index (χ0) is 12.4. The summed E-state index contributed by atoms with van der Waals surface area (Å²) in [5.41, 5.74) is 7.20. The van der Waals surface area contributed by atoms with Crippen molar-refractivity contribution in [2.75, 3.05) is 11.1 Å². The van der Waals surface area contributed by atoms with E-state index in [9.17, 15) is 0 Å². The third-order valence-corrected chi connectivity index (χ3v) is 3.49. The predicted octanol–water partition coefficient (Wildman–Crippen LogP) is 4.43. The Morgan fingerprint density at radius 3 is 2.76 bits per heavy atom. The fourth-order valence-corrected chi connectivity index (χ4v) is 2.53. The molecule has 0 aliphatic carbocycles. The first-order valence-corrected chi connectivity index (χ1v) is 6.94. The molecule has 0 aliphatic heterocycles. The number of aromatic nitrogens is 1. The van der Waals surface area contributed by atoms with Gasteiger partial charge in [0.1, 0.15) is 0 Å². The molecule has 0 radical (unpaired) electrons. The van der Waals surface area contributed by atoms with Gasteiger partial charge < -0.3 is 11.1 Å². The van der Waals surface area contributed by atoms with E-state index in [-0.39, 0.29) is 0 Å². The summed E-state index contributed by atoms with van der Waals surface area (Å²) < 4.78 is 1.92. The van der Waals surface area contributed by atoms with Gasteiger partial charge in [0.05, 0.1) is 16.4 Å². The van der Waals surface area contributed by atoms with E-state index in [0.29, 0.717) is 16.5 Å². The highest BCUT2D eigenvalue weighted by atomic mass is 127. The molecule has 3 N–H and O–H groups in total. The van der Waals surface area contributed by atoms with E-state index in [4.69, 9.17) is 17.3 Å². The van der Waals surface area contributed by atoms with Crippen molar-refractivity contribution in [3.63, 3.8) is 0 Å². The van der Waals surface area contributed by atoms with Gasteiger partial charge in [0, 0.05) is 14.2 Å². The number of nitrogens with one attached hydrogen (secondary N) is 1. The molecule has 88 valence electrons. The SMILES string of the molecule is Nc1cc(Br)cnc1Nc1ccc(I)cc1Cl. The highest BCUT2D eigenvalue weighted by molar-refractivity contribution is 14.1. The Kier molecular flexibility index (Phi) is 4.11. The summed E-state index contributed by atoms with van der Waals surface area (Å²) in [6, 6.07) is 7.52. The lowest BCUT2D eigenvalue weighted by Crippen LogP contribution is -1.99. The fourth-order valence-electron chi connectivity index (χ4n) is 1.28. The molecule has 0 saturated heterocycles. The predicted molar refractivity (Wildman–Crippen MR) is 83.8 cm³/mol. The van der Waals surface area contributed by atoms with Gasteiger partial charge in [-0.2, -0.15) is 0 Å². The molecule has 2 aromatic rings. The van der Waals surface area contributed by atoms with Crippen molar-refractivity contribution in [2.24, 2.45) is 0 Å². The molecule has 1 aromatic heterocycles. The Bertz CT molecular complexity index is 513. The highest BCUT2D eigenvalue weighted by Gasteiger charge is 2.05. The van der Waals surface area contributed by atoms with Gasteiger partial charge in [-0.15, -0.1) is 0 Å². The molecule has 0 aliphatic rings. The average molecular weight is 424 g/mol. The Labute approximate surface area is 126 Å². The van der Waals surface area contributed by atoms with Crippen molar-refractivity contribution in [1.82, 2.24) is 4.98 Å². The van der Waals surface area contributed by atoms with E-state index in [1.54, 1.807) is 12.3 Å². The lowest BCUT2D eigenvalue weighted by molar-refractivity contribution is 1.29. The molecule has 0 amide bonds. The van der Waals surface area contributed by atoms with Gasteiger partial charge in [0.2, 0.25) is 0 Å². The van der Waals surface area contributed by atoms with Crippen molar-refractivity contribution in [1.29, 1.82) is 0 Å². The van der Waals surface area contributed by atoms with Crippen LogP contribution in [0.15, 0.2) is 34.9 Å². The van der Waals surface area contributed by atoms with Gasteiger partial charge in [0.25, 0.3) is 0 Å². The molecule has 0 fully saturated rings. The minimum absolute atomic E-state index is 0.564. The van der Waals surface area contributed by atoms with E-state index < -0.39 is 0 Å². The Hall–Kier alpha value is -0.530. The molecule has 1 aromatic carbocycles. The van der Waals surface area contributed by atoms with E-state index in [1.165, 1.54) is 0 Å². The smallest absolute Gasteiger partial charge is 0.153 e. The molecule has 0 spiro atoms. The molecule has 0 unspecified atom stereocenters. The van der Waals surface area contributed by atoms with Crippen molar-refractivity contribution in [3.8, 4) is 0 Å². The molecule has 1 heterocycles. The van der Waals surface area contributed by atoms with E-state index in [2.05, 4.69) is 48.8 Å². The lowest BCUT2D eigenvalue weighted by atomic mass is 10.3. The number of pyridine rings is 1. The van der Waals surface area contributed by atoms with Crippen molar-refractivity contribution >= 4 is 67.3 Å². The van der Waals surface area contributed by atoms with Crippen LogP contribution in [0.5, 0.6) is 0 Å². The number of hydrogen-bond donors (Lipinski definition) is 2. The molecule has 2 rings (SSSR count). The standard InChI is InChI=1S/C11H8BrClIN3/c12-6-3-9(15)11(16-5-6)17-10-2-1-7(14)4-8(10)13/h1-5H,15H2,(H,16,17). The normalized spacial score (nSPS) is 10.3. The van der Waals surface area contributed by atoms with Gasteiger partial charge in [-0.3, -0.25) is 0 Å².